The van der Waals surface area contributed by atoms with Gasteiger partial charge in [0, 0.05) is 32.3 Å². The van der Waals surface area contributed by atoms with Crippen molar-refractivity contribution in [3.05, 3.63) is 307 Å². The van der Waals surface area contributed by atoms with Crippen molar-refractivity contribution in [3.63, 3.8) is 0 Å². The van der Waals surface area contributed by atoms with Gasteiger partial charge in [-0.2, -0.15) is 0 Å². The summed E-state index contributed by atoms with van der Waals surface area (Å²) < 4.78 is 7.39. The number of aromatic nitrogens is 3. The van der Waals surface area contributed by atoms with E-state index in [4.69, 9.17) is 11.6 Å². The highest BCUT2D eigenvalue weighted by molar-refractivity contribution is 6.35. The van der Waals surface area contributed by atoms with Crippen LogP contribution in [0.3, 0.4) is 0 Å². The van der Waals surface area contributed by atoms with Crippen LogP contribution in [0.1, 0.15) is 52.7 Å². The summed E-state index contributed by atoms with van der Waals surface area (Å²) in [6.07, 6.45) is 0. The summed E-state index contributed by atoms with van der Waals surface area (Å²) in [6, 6.07) is 108. The van der Waals surface area contributed by atoms with Gasteiger partial charge in [-0.25, -0.2) is 0 Å². The summed E-state index contributed by atoms with van der Waals surface area (Å²) >= 11 is 8.85. The lowest BCUT2D eigenvalue weighted by molar-refractivity contribution is 0.590. The first-order valence-corrected chi connectivity index (χ1v) is 31.7. The number of rotatable bonds is 5. The monoisotopic (exact) mass is 1180 g/mol. The van der Waals surface area contributed by atoms with Gasteiger partial charge in [0.2, 0.25) is 0 Å². The molecule has 0 spiro atoms. The third-order valence-electron chi connectivity index (χ3n) is 18.7. The van der Waals surface area contributed by atoms with Crippen molar-refractivity contribution in [2.24, 2.45) is 0 Å². The molecule has 0 unspecified atom stereocenters. The molecular formula is C86H66ClN3. The summed E-state index contributed by atoms with van der Waals surface area (Å²) in [6.45, 7) is 13.7. The molecule has 0 saturated heterocycles. The summed E-state index contributed by atoms with van der Waals surface area (Å²) in [7, 11) is 0. The quantitative estimate of drug-likeness (QED) is 0.163. The summed E-state index contributed by atoms with van der Waals surface area (Å²) in [5, 5.41) is 16.5. The minimum atomic E-state index is 0.0155. The van der Waals surface area contributed by atoms with Crippen molar-refractivity contribution in [1.82, 2.24) is 13.7 Å². The number of nitrogens with zero attached hydrogens (tertiary/aromatic N) is 3. The van der Waals surface area contributed by atoms with Gasteiger partial charge in [0.1, 0.15) is 0 Å². The Morgan fingerprint density at radius 1 is 0.222 bits per heavy atom. The molecule has 16 rings (SSSR count). The molecule has 0 aliphatic carbocycles. The molecule has 0 fully saturated rings. The van der Waals surface area contributed by atoms with Crippen molar-refractivity contribution in [2.45, 2.75) is 52.4 Å². The molecule has 0 N–H and O–H groups in total. The van der Waals surface area contributed by atoms with Gasteiger partial charge in [-0.05, 0) is 148 Å². The van der Waals surface area contributed by atoms with Gasteiger partial charge < -0.3 is 13.7 Å². The number of hydrogen-bond acceptors (Lipinski definition) is 0. The molecule has 13 aromatic carbocycles. The van der Waals surface area contributed by atoms with Gasteiger partial charge in [0.25, 0.3) is 0 Å². The number of halogens is 1. The first-order chi connectivity index (χ1) is 43.9. The molecule has 16 aromatic rings. The van der Waals surface area contributed by atoms with E-state index in [0.717, 1.165) is 137 Å². The van der Waals surface area contributed by atoms with Gasteiger partial charge in [-0.15, -0.1) is 0 Å². The number of fused-ring (bicyclic) bond motifs is 17. The summed E-state index contributed by atoms with van der Waals surface area (Å²) in [4.78, 5) is 0. The van der Waals surface area contributed by atoms with Crippen LogP contribution in [0, 0.1) is 0 Å². The Labute approximate surface area is 529 Å². The van der Waals surface area contributed by atoms with Gasteiger partial charge >= 0.3 is 0 Å². The third kappa shape index (κ3) is 9.09. The van der Waals surface area contributed by atoms with Crippen LogP contribution in [0.5, 0.6) is 0 Å². The van der Waals surface area contributed by atoms with E-state index in [-0.39, 0.29) is 10.8 Å². The standard InChI is InChI=1S/C86H66ClN3/c1-85(2,3)59-45-39-55(40-46-59)57-43-49-80-74(51-57)68-29-13-9-25-64(68)62-23-7-11-27-66(62)70-31-15-21-37-78(70)89(80)82-53-61(88-76-35-19-17-33-72(76)73-34-18-20-36-77(73)88)54-83(84(82)87)90-79-38-22-16-32-71(79)67-28-12-8-24-63(67)65-26-10-14-30-69(65)75-52-58(44-50-81(75)90)56-41-47-60(48-42-56)86(4,5)6/h7-54H,1-6H3. The lowest BCUT2D eigenvalue weighted by atomic mass is 9.86. The van der Waals surface area contributed by atoms with Gasteiger partial charge in [0.05, 0.1) is 55.2 Å². The lowest BCUT2D eigenvalue weighted by Crippen LogP contribution is -2.10. The van der Waals surface area contributed by atoms with Crippen LogP contribution < -0.4 is 0 Å². The highest BCUT2D eigenvalue weighted by Crippen LogP contribution is 2.45. The molecule has 4 heteroatoms. The van der Waals surface area contributed by atoms with Crippen LogP contribution in [0.2, 0.25) is 5.02 Å². The van der Waals surface area contributed by atoms with Gasteiger partial charge in [-0.1, -0.05) is 284 Å². The molecule has 3 heterocycles. The fourth-order valence-corrected chi connectivity index (χ4v) is 14.5. The van der Waals surface area contributed by atoms with Crippen molar-refractivity contribution in [3.8, 4) is 39.3 Å². The first-order valence-electron chi connectivity index (χ1n) is 31.3. The molecule has 0 aliphatic heterocycles. The minimum absolute atomic E-state index is 0.0155. The van der Waals surface area contributed by atoms with Crippen LogP contribution in [0.25, 0.3) is 148 Å². The molecule has 0 saturated carbocycles. The zero-order valence-electron chi connectivity index (χ0n) is 51.4. The summed E-state index contributed by atoms with van der Waals surface area (Å²) in [5.74, 6) is 0. The second-order valence-electron chi connectivity index (χ2n) is 26.2. The molecule has 3 nitrogen and oxygen atoms in total. The maximum absolute atomic E-state index is 8.85. The highest BCUT2D eigenvalue weighted by atomic mass is 35.5. The number of para-hydroxylation sites is 4. The smallest absolute Gasteiger partial charge is 0.0888 e. The Morgan fingerprint density at radius 2 is 0.456 bits per heavy atom. The van der Waals surface area contributed by atoms with Crippen LogP contribution in [0.15, 0.2) is 291 Å². The molecule has 432 valence electrons. The highest BCUT2D eigenvalue weighted by Gasteiger charge is 2.24. The summed E-state index contributed by atoms with van der Waals surface area (Å²) in [5.41, 5.74) is 16.0. The molecule has 0 radical (unpaired) electrons. The minimum Gasteiger partial charge on any atom is -0.309 e. The van der Waals surface area contributed by atoms with E-state index in [9.17, 15) is 0 Å². The Kier molecular flexibility index (Phi) is 13.1. The topological polar surface area (TPSA) is 14.8 Å². The molecule has 3 aromatic heterocycles. The van der Waals surface area contributed by atoms with Crippen LogP contribution in [-0.2, 0) is 10.8 Å². The second kappa shape index (κ2) is 21.4. The van der Waals surface area contributed by atoms with E-state index in [0.29, 0.717) is 5.02 Å². The van der Waals surface area contributed by atoms with E-state index >= 15 is 0 Å². The third-order valence-corrected chi connectivity index (χ3v) is 19.1. The van der Waals surface area contributed by atoms with Gasteiger partial charge in [-0.3, -0.25) is 0 Å². The largest absolute Gasteiger partial charge is 0.309 e. The molecular weight excluding hydrogens is 1110 g/mol. The van der Waals surface area contributed by atoms with E-state index < -0.39 is 0 Å². The normalized spacial score (nSPS) is 12.2. The molecule has 0 aliphatic rings. The van der Waals surface area contributed by atoms with E-state index in [1.807, 2.05) is 0 Å². The molecule has 0 atom stereocenters. The number of benzene rings is 13. The zero-order chi connectivity index (χ0) is 61.0. The van der Waals surface area contributed by atoms with Crippen LogP contribution >= 0.6 is 11.6 Å². The van der Waals surface area contributed by atoms with E-state index in [1.54, 1.807) is 0 Å². The average molecular weight is 1180 g/mol. The Hall–Kier alpha value is -10.5. The number of hydrogen-bond donors (Lipinski definition) is 0. The maximum atomic E-state index is 8.85. The Bertz CT molecular complexity index is 5390. The SMILES string of the molecule is CC(C)(C)c1ccc(-c2ccc3c(c2)c2ccccc2c2ccccc2c2ccccc2n3-c2cc(-n3c4ccccc4c4ccccc43)cc(-n3c4ccccc4c4ccccc4c4ccccc4c4cc(-c5ccc(C(C)(C)C)cc5)ccc43)c2Cl)cc1. The molecule has 90 heavy (non-hydrogen) atoms. The predicted molar refractivity (Wildman–Crippen MR) is 388 cm³/mol. The van der Waals surface area contributed by atoms with Gasteiger partial charge in [0.15, 0.2) is 0 Å². The van der Waals surface area contributed by atoms with Crippen molar-refractivity contribution >= 4 is 120 Å². The van der Waals surface area contributed by atoms with Crippen molar-refractivity contribution < 1.29 is 0 Å². The lowest BCUT2D eigenvalue weighted by Gasteiger charge is -2.23. The molecule has 0 amide bonds. The average Bonchev–Trinajstić information content (AvgIpc) is 1.68. The Balaban J connectivity index is 1.14. The first kappa shape index (κ1) is 54.9. The van der Waals surface area contributed by atoms with Crippen molar-refractivity contribution in [1.29, 1.82) is 0 Å². The second-order valence-corrected chi connectivity index (χ2v) is 26.6. The van der Waals surface area contributed by atoms with Crippen molar-refractivity contribution in [2.75, 3.05) is 0 Å². The fourth-order valence-electron chi connectivity index (χ4n) is 14.2. The van der Waals surface area contributed by atoms with E-state index in [2.05, 4.69) is 346 Å². The Morgan fingerprint density at radius 3 is 0.767 bits per heavy atom. The van der Waals surface area contributed by atoms with Crippen LogP contribution in [0.4, 0.5) is 0 Å². The predicted octanol–water partition coefficient (Wildman–Crippen LogP) is 24.4. The zero-order valence-corrected chi connectivity index (χ0v) is 52.2. The molecule has 0 bridgehead atoms. The van der Waals surface area contributed by atoms with E-state index in [1.165, 1.54) is 21.9 Å². The fraction of sp³-hybridized carbons (Fsp3) is 0.0930. The van der Waals surface area contributed by atoms with Crippen LogP contribution in [-0.4, -0.2) is 13.7 Å². The maximum Gasteiger partial charge on any atom is 0.0888 e.